The third-order valence-corrected chi connectivity index (χ3v) is 2.46. The smallest absolute Gasteiger partial charge is 0.423 e. The van der Waals surface area contributed by atoms with E-state index in [-0.39, 0.29) is 0 Å². The lowest BCUT2D eigenvalue weighted by atomic mass is 9.83. The fraction of sp³-hybridized carbons (Fsp3) is 0.100. The number of nitrogens with zero attached hydrogens (tertiary/aromatic N) is 2. The van der Waals surface area contributed by atoms with Gasteiger partial charge in [-0.1, -0.05) is 23.7 Å². The first kappa shape index (κ1) is 11.2. The third-order valence-electron chi connectivity index (χ3n) is 2.21. The molecule has 2 N–H and O–H groups in total. The predicted octanol–water partition coefficient (Wildman–Crippen LogP) is 0.265. The quantitative estimate of drug-likeness (QED) is 0.752. The Morgan fingerprint density at radius 3 is 2.50 bits per heavy atom. The van der Waals surface area contributed by atoms with Crippen LogP contribution in [0.4, 0.5) is 0 Å². The highest BCUT2D eigenvalue weighted by Gasteiger charge is 2.12. The topological polar surface area (TPSA) is 58.3 Å². The summed E-state index contributed by atoms with van der Waals surface area (Å²) in [5, 5.41) is 22.6. The molecule has 0 bridgehead atoms. The Morgan fingerprint density at radius 1 is 1.25 bits per heavy atom. The van der Waals surface area contributed by atoms with Crippen LogP contribution in [0, 0.1) is 0 Å². The number of hydrogen-bond acceptors (Lipinski definition) is 3. The van der Waals surface area contributed by atoms with Gasteiger partial charge in [-0.2, -0.15) is 5.10 Å². The van der Waals surface area contributed by atoms with Gasteiger partial charge in [-0.05, 0) is 17.7 Å². The molecule has 2 aromatic rings. The summed E-state index contributed by atoms with van der Waals surface area (Å²) in [6.45, 7) is 0.573. The largest absolute Gasteiger partial charge is 0.491 e. The molecule has 0 fully saturated rings. The van der Waals surface area contributed by atoms with Crippen LogP contribution in [-0.2, 0) is 6.54 Å². The third kappa shape index (κ3) is 2.63. The summed E-state index contributed by atoms with van der Waals surface area (Å²) in [6, 6.07) is 7.42. The molecule has 4 nitrogen and oxygen atoms in total. The highest BCUT2D eigenvalue weighted by atomic mass is 35.5. The second-order valence-electron chi connectivity index (χ2n) is 3.47. The molecule has 0 unspecified atom stereocenters. The van der Waals surface area contributed by atoms with Crippen molar-refractivity contribution in [3.63, 3.8) is 0 Å². The minimum absolute atomic E-state index is 0.383. The molecule has 0 aliphatic heterocycles. The van der Waals surface area contributed by atoms with Crippen molar-refractivity contribution in [2.24, 2.45) is 0 Å². The summed E-state index contributed by atoms with van der Waals surface area (Å²) < 4.78 is 1.64. The molecule has 0 aliphatic carbocycles. The highest BCUT2D eigenvalue weighted by molar-refractivity contribution is 6.58. The van der Waals surface area contributed by atoms with Crippen LogP contribution < -0.4 is 5.46 Å². The molecule has 0 spiro atoms. The molecule has 0 atom stereocenters. The molecule has 6 heteroatoms. The van der Waals surface area contributed by atoms with E-state index in [0.29, 0.717) is 17.0 Å². The van der Waals surface area contributed by atoms with Crippen LogP contribution in [0.25, 0.3) is 0 Å². The lowest BCUT2D eigenvalue weighted by molar-refractivity contribution is 0.425. The van der Waals surface area contributed by atoms with Gasteiger partial charge in [0, 0.05) is 22.9 Å². The fourth-order valence-corrected chi connectivity index (χ4v) is 1.50. The van der Waals surface area contributed by atoms with Crippen LogP contribution in [0.1, 0.15) is 5.56 Å². The van der Waals surface area contributed by atoms with E-state index in [2.05, 4.69) is 5.10 Å². The second-order valence-corrected chi connectivity index (χ2v) is 3.91. The Hall–Kier alpha value is -1.30. The van der Waals surface area contributed by atoms with Gasteiger partial charge >= 0.3 is 7.12 Å². The molecule has 16 heavy (non-hydrogen) atoms. The summed E-state index contributed by atoms with van der Waals surface area (Å²) in [5.41, 5.74) is 1.43. The predicted molar refractivity (Wildman–Crippen MR) is 62.6 cm³/mol. The maximum Gasteiger partial charge on any atom is 0.491 e. The Morgan fingerprint density at radius 2 is 1.94 bits per heavy atom. The van der Waals surface area contributed by atoms with Crippen LogP contribution in [0.3, 0.4) is 0 Å². The van der Waals surface area contributed by atoms with Crippen molar-refractivity contribution in [1.82, 2.24) is 9.78 Å². The maximum atomic E-state index is 8.92. The Balaban J connectivity index is 2.11. The molecule has 1 aromatic heterocycles. The SMILES string of the molecule is OB(O)c1cnn(Cc2ccc(Cl)cc2)c1. The molecule has 0 aliphatic rings. The summed E-state index contributed by atoms with van der Waals surface area (Å²) in [4.78, 5) is 0. The molecule has 1 heterocycles. The summed E-state index contributed by atoms with van der Waals surface area (Å²) in [7, 11) is -1.47. The minimum Gasteiger partial charge on any atom is -0.423 e. The van der Waals surface area contributed by atoms with Crippen molar-refractivity contribution < 1.29 is 10.0 Å². The van der Waals surface area contributed by atoms with Gasteiger partial charge in [0.1, 0.15) is 0 Å². The van der Waals surface area contributed by atoms with Gasteiger partial charge in [0.05, 0.1) is 6.54 Å². The molecule has 0 saturated carbocycles. The Bertz CT molecular complexity index is 470. The minimum atomic E-state index is -1.47. The Labute approximate surface area is 98.2 Å². The highest BCUT2D eigenvalue weighted by Crippen LogP contribution is 2.10. The molecule has 0 amide bonds. The van der Waals surface area contributed by atoms with Crippen molar-refractivity contribution in [2.45, 2.75) is 6.54 Å². The molecule has 82 valence electrons. The monoisotopic (exact) mass is 236 g/mol. The summed E-state index contributed by atoms with van der Waals surface area (Å²) >= 11 is 5.77. The lowest BCUT2D eigenvalue weighted by Gasteiger charge is -2.01. The first-order valence-electron chi connectivity index (χ1n) is 4.78. The van der Waals surface area contributed by atoms with Crippen molar-refractivity contribution in [3.05, 3.63) is 47.2 Å². The molecule has 0 radical (unpaired) electrons. The number of halogens is 1. The van der Waals surface area contributed by atoms with E-state index in [4.69, 9.17) is 21.6 Å². The average Bonchev–Trinajstić information content (AvgIpc) is 2.70. The van der Waals surface area contributed by atoms with Crippen molar-refractivity contribution in [1.29, 1.82) is 0 Å². The summed E-state index contributed by atoms with van der Waals surface area (Å²) in [6.07, 6.45) is 3.03. The molecule has 1 aromatic carbocycles. The first-order chi connectivity index (χ1) is 7.65. The van der Waals surface area contributed by atoms with Crippen LogP contribution in [0.2, 0.25) is 5.02 Å². The van der Waals surface area contributed by atoms with Crippen molar-refractivity contribution >= 4 is 24.2 Å². The van der Waals surface area contributed by atoms with Crippen LogP contribution in [-0.4, -0.2) is 26.9 Å². The van der Waals surface area contributed by atoms with Crippen LogP contribution in [0.5, 0.6) is 0 Å². The van der Waals surface area contributed by atoms with Gasteiger partial charge in [0.2, 0.25) is 0 Å². The zero-order valence-electron chi connectivity index (χ0n) is 8.42. The normalized spacial score (nSPS) is 10.4. The van der Waals surface area contributed by atoms with E-state index >= 15 is 0 Å². The van der Waals surface area contributed by atoms with Gasteiger partial charge in [0.25, 0.3) is 0 Å². The lowest BCUT2D eigenvalue weighted by Crippen LogP contribution is -2.28. The van der Waals surface area contributed by atoms with E-state index in [1.54, 1.807) is 10.9 Å². The Kier molecular flexibility index (Phi) is 3.29. The maximum absolute atomic E-state index is 8.92. The van der Waals surface area contributed by atoms with E-state index < -0.39 is 7.12 Å². The molecule has 0 saturated heterocycles. The number of benzene rings is 1. The first-order valence-corrected chi connectivity index (χ1v) is 5.16. The standard InChI is InChI=1S/C10H10BClN2O2/c12-10-3-1-8(2-4-10)6-14-7-9(5-13-14)11(15)16/h1-5,7,15-16H,6H2. The second kappa shape index (κ2) is 4.70. The molecule has 2 rings (SSSR count). The van der Waals surface area contributed by atoms with Gasteiger partial charge in [0.15, 0.2) is 0 Å². The number of rotatable bonds is 3. The van der Waals surface area contributed by atoms with E-state index in [1.807, 2.05) is 24.3 Å². The van der Waals surface area contributed by atoms with E-state index in [0.717, 1.165) is 5.56 Å². The zero-order valence-corrected chi connectivity index (χ0v) is 9.17. The number of aromatic nitrogens is 2. The van der Waals surface area contributed by atoms with Gasteiger partial charge in [-0.15, -0.1) is 0 Å². The number of hydrogen-bond donors (Lipinski definition) is 2. The average molecular weight is 236 g/mol. The van der Waals surface area contributed by atoms with E-state index in [9.17, 15) is 0 Å². The fourth-order valence-electron chi connectivity index (χ4n) is 1.38. The van der Waals surface area contributed by atoms with E-state index in [1.165, 1.54) is 6.20 Å². The molecular formula is C10H10BClN2O2. The molecular weight excluding hydrogens is 226 g/mol. The van der Waals surface area contributed by atoms with Crippen molar-refractivity contribution in [3.8, 4) is 0 Å². The van der Waals surface area contributed by atoms with Gasteiger partial charge in [-0.25, -0.2) is 0 Å². The van der Waals surface area contributed by atoms with Crippen LogP contribution in [0.15, 0.2) is 36.7 Å². The van der Waals surface area contributed by atoms with Gasteiger partial charge < -0.3 is 10.0 Å². The summed E-state index contributed by atoms with van der Waals surface area (Å²) in [5.74, 6) is 0. The van der Waals surface area contributed by atoms with Crippen LogP contribution >= 0.6 is 11.6 Å². The van der Waals surface area contributed by atoms with Gasteiger partial charge in [-0.3, -0.25) is 4.68 Å². The van der Waals surface area contributed by atoms with Crippen molar-refractivity contribution in [2.75, 3.05) is 0 Å². The zero-order chi connectivity index (χ0) is 11.5.